The Morgan fingerprint density at radius 3 is 1.32 bits per heavy atom. The molecule has 0 saturated heterocycles. The molecule has 2 unspecified atom stereocenters. The molecule has 10 aromatic rings. The Balaban J connectivity index is 0.000000230. The molecule has 0 aliphatic heterocycles. The molecule has 1 radical (unpaired) electrons. The van der Waals surface area contributed by atoms with Crippen LogP contribution in [0.1, 0.15) is 91.8 Å². The molecule has 25 nitrogen and oxygen atoms in total. The van der Waals surface area contributed by atoms with E-state index in [9.17, 15) is 48.6 Å². The smallest absolute Gasteiger partial charge is 0.536 e. The van der Waals surface area contributed by atoms with E-state index >= 15 is 0 Å². The Hall–Kier alpha value is -10.7. The first-order valence-corrected chi connectivity index (χ1v) is 36.7. The zero-order chi connectivity index (χ0) is 77.1. The van der Waals surface area contributed by atoms with E-state index in [1.165, 1.54) is 68.2 Å². The number of carbonyl (C=O) groups excluding carboxylic acids is 8. The highest BCUT2D eigenvalue weighted by atomic mass is 79.9. The number of rotatable bonds is 20. The minimum Gasteiger partial charge on any atom is -0.536 e. The number of aromatic nitrogens is 5. The summed E-state index contributed by atoms with van der Waals surface area (Å²) in [4.78, 5) is 114. The summed E-state index contributed by atoms with van der Waals surface area (Å²) >= 11 is 10.6. The average molecular weight is 1620 g/mol. The highest BCUT2D eigenvalue weighted by molar-refractivity contribution is 9.10. The second-order valence-electron chi connectivity index (χ2n) is 21.6. The van der Waals surface area contributed by atoms with Crippen molar-refractivity contribution in [3.05, 3.63) is 206 Å². The van der Waals surface area contributed by atoms with Gasteiger partial charge in [0.1, 0.15) is 27.4 Å². The number of allylic oxidation sites excluding steroid dienone is 5. The summed E-state index contributed by atoms with van der Waals surface area (Å²) in [6.07, 6.45) is 7.38. The third-order valence-corrected chi connectivity index (χ3v) is 19.7. The number of ketones is 4. The van der Waals surface area contributed by atoms with Crippen LogP contribution in [0.3, 0.4) is 0 Å². The fourth-order valence-electron chi connectivity index (χ4n) is 9.74. The predicted octanol–water partition coefficient (Wildman–Crippen LogP) is 14.6. The minimum atomic E-state index is -0.582. The first-order valence-electron chi connectivity index (χ1n) is 31.5. The molecule has 5 N–H and O–H groups in total. The van der Waals surface area contributed by atoms with Crippen LogP contribution in [0.5, 0.6) is 35.1 Å². The van der Waals surface area contributed by atoms with Gasteiger partial charge in [-0.2, -0.15) is 0 Å². The van der Waals surface area contributed by atoms with Crippen LogP contribution in [-0.4, -0.2) is 151 Å². The van der Waals surface area contributed by atoms with Gasteiger partial charge in [-0.25, -0.2) is 24.9 Å². The van der Waals surface area contributed by atoms with Crippen molar-refractivity contribution in [1.82, 2.24) is 24.9 Å². The van der Waals surface area contributed by atoms with Crippen molar-refractivity contribution >= 4 is 134 Å². The summed E-state index contributed by atoms with van der Waals surface area (Å²) < 4.78 is 39.1. The fourth-order valence-corrected chi connectivity index (χ4v) is 14.2. The summed E-state index contributed by atoms with van der Waals surface area (Å²) in [5.41, 5.74) is 6.94. The number of aliphatic hydroxyl groups is 2. The molecule has 0 saturated carbocycles. The van der Waals surface area contributed by atoms with Gasteiger partial charge in [0.2, 0.25) is 29.4 Å². The number of hydrogen-bond donors (Lipinski definition) is 3. The van der Waals surface area contributed by atoms with Crippen molar-refractivity contribution in [3.8, 4) is 80.2 Å². The van der Waals surface area contributed by atoms with E-state index in [1.807, 2.05) is 113 Å². The van der Waals surface area contributed by atoms with Crippen LogP contribution in [0.2, 0.25) is 0 Å². The molecule has 107 heavy (non-hydrogen) atoms. The van der Waals surface area contributed by atoms with E-state index < -0.39 is 11.9 Å². The molecule has 0 fully saturated rings. The highest BCUT2D eigenvalue weighted by Gasteiger charge is 2.33. The van der Waals surface area contributed by atoms with Gasteiger partial charge in [-0.05, 0) is 129 Å². The van der Waals surface area contributed by atoms with Gasteiger partial charge in [0.15, 0.2) is 35.7 Å². The molecule has 559 valence electrons. The maximum atomic E-state index is 12.2. The largest absolute Gasteiger partial charge is 0.569 e. The van der Waals surface area contributed by atoms with E-state index in [4.69, 9.17) is 28.7 Å². The number of Topliss-reactive ketones (excluding diaryl/α,β-unsaturated/α-hetero) is 2. The van der Waals surface area contributed by atoms with Crippen molar-refractivity contribution in [3.63, 3.8) is 0 Å². The van der Waals surface area contributed by atoms with E-state index in [1.54, 1.807) is 106 Å². The van der Waals surface area contributed by atoms with E-state index in [2.05, 4.69) is 55.0 Å². The lowest BCUT2D eigenvalue weighted by Gasteiger charge is -2.22. The quantitative estimate of drug-likeness (QED) is 0.0121. The summed E-state index contributed by atoms with van der Waals surface area (Å²) in [5, 5.41) is 37.5. The summed E-state index contributed by atoms with van der Waals surface area (Å²) in [6, 6.07) is 37.2. The van der Waals surface area contributed by atoms with Gasteiger partial charge in [0.05, 0.1) is 88.8 Å². The Labute approximate surface area is 645 Å². The standard InChI is InChI=1S/C18H17NO4S.C16H15NO3S.C14H13NO2S.C11H9NO2S.C6H6BrNO.C5H4BO3S.C5H8O4.H2O/c1-10(20)17-14(21)8-11(9-15(17)22)18-12(6-7-24-18)13-4-3-5-16(19-13)23-2;1-20-15-4-2-3-14(17-15)13-5-6-21-16(13)10-7-11(18)9-12(19)8-10;1-10(16)6-7-13-11(8-9-18-13)12-4-3-5-14(15-12)17-2;1-14-11-4-2-3-9(12-11)8-5-6-15-10(8)7-13;1-9-6-4-2-3-5(7)8-6;7-3-5-4(9-6-8)1-2-10-5;1-8-4(6)3-5(7)9-2;/h3-7,11,21H,8-9H2,1-2H3;2-6,9-10,18H,7-8H2,1H3;3-9H,1-2H3;2-7H,1H3;2-4H,1H3;1-3,8H;3H2,1-2H3;1H2/b;;7-6+;;;;;. The molecular weight excluding hydrogens is 1540 g/mol. The maximum Gasteiger partial charge on any atom is 0.569 e. The van der Waals surface area contributed by atoms with Crippen LogP contribution >= 0.6 is 72.6 Å². The molecular formula is C75H74BBrN5O20S5. The molecule has 0 aromatic carbocycles. The van der Waals surface area contributed by atoms with Gasteiger partial charge in [0, 0.05) is 111 Å². The number of carbonyl (C=O) groups is 8. The van der Waals surface area contributed by atoms with Crippen LogP contribution in [-0.2, 0) is 38.2 Å². The lowest BCUT2D eigenvalue weighted by molar-refractivity contribution is -0.151. The minimum absolute atomic E-state index is 0. The van der Waals surface area contributed by atoms with Crippen molar-refractivity contribution in [2.45, 2.75) is 57.8 Å². The first-order chi connectivity index (χ1) is 51.1. The molecule has 2 aliphatic carbocycles. The number of esters is 2. The second kappa shape index (κ2) is 45.6. The molecule has 2 aliphatic rings. The fraction of sp³-hybridized carbons (Fsp3) is 0.213. The Morgan fingerprint density at radius 2 is 0.916 bits per heavy atom. The van der Waals surface area contributed by atoms with Crippen molar-refractivity contribution in [2.24, 2.45) is 0 Å². The van der Waals surface area contributed by atoms with Crippen LogP contribution in [0.15, 0.2) is 182 Å². The maximum absolute atomic E-state index is 12.2. The van der Waals surface area contributed by atoms with Crippen LogP contribution < -0.4 is 28.3 Å². The third-order valence-electron chi connectivity index (χ3n) is 14.5. The Kier molecular flexibility index (Phi) is 37.1. The monoisotopic (exact) mass is 1610 g/mol. The summed E-state index contributed by atoms with van der Waals surface area (Å²) in [7, 11) is 10.9. The zero-order valence-corrected chi connectivity index (χ0v) is 64.8. The summed E-state index contributed by atoms with van der Waals surface area (Å²) in [5.74, 6) is 1.33. The number of hydrogen-bond acceptors (Lipinski definition) is 29. The molecule has 32 heteroatoms. The van der Waals surface area contributed by atoms with E-state index in [0.717, 1.165) is 70.6 Å². The number of methoxy groups -OCH3 is 7. The van der Waals surface area contributed by atoms with E-state index in [0.29, 0.717) is 71.7 Å². The molecule has 10 aromatic heterocycles. The van der Waals surface area contributed by atoms with Crippen molar-refractivity contribution < 1.29 is 96.9 Å². The molecule has 10 heterocycles. The van der Waals surface area contributed by atoms with Gasteiger partial charge < -0.3 is 58.5 Å². The molecule has 0 spiro atoms. The number of halogens is 1. The van der Waals surface area contributed by atoms with E-state index in [-0.39, 0.29) is 76.8 Å². The van der Waals surface area contributed by atoms with Gasteiger partial charge in [-0.1, -0.05) is 30.3 Å². The van der Waals surface area contributed by atoms with Crippen molar-refractivity contribution in [2.75, 3.05) is 49.8 Å². The van der Waals surface area contributed by atoms with Gasteiger partial charge in [-0.15, -0.1) is 56.7 Å². The predicted molar refractivity (Wildman–Crippen MR) is 416 cm³/mol. The third kappa shape index (κ3) is 27.0. The SMILES string of the molecule is COC(=O)CC(=O)OC.COc1cccc(-c2ccsc2/C=C/C(C)=O)n1.COc1cccc(-c2ccsc2C2CC(=O)C(C(C)=O)=C(O)C2)n1.COc1cccc(-c2ccsc2C2CC(=O)C=C(O)C2)n1.COc1cccc(-c2ccsc2C=O)n1.COc1cccc(Br)n1.O.O=Cc1sccc1O[B]O. The number of thiophene rings is 5. The number of aldehydes is 2. The molecule has 2 atom stereocenters. The number of nitrogens with zero attached hydrogens (tertiary/aromatic N) is 5. The summed E-state index contributed by atoms with van der Waals surface area (Å²) in [6.45, 7) is 2.84. The van der Waals surface area contributed by atoms with Crippen LogP contribution in [0.4, 0.5) is 0 Å². The van der Waals surface area contributed by atoms with Crippen LogP contribution in [0.25, 0.3) is 51.1 Å². The molecule has 0 amide bonds. The topological polar surface area (TPSA) is 367 Å². The van der Waals surface area contributed by atoms with Crippen molar-refractivity contribution in [1.29, 1.82) is 0 Å². The number of pyridine rings is 5. The first kappa shape index (κ1) is 86.9. The number of ether oxygens (including phenoxy) is 7. The molecule has 12 rings (SSSR count). The lowest BCUT2D eigenvalue weighted by atomic mass is 9.83. The highest BCUT2D eigenvalue weighted by Crippen LogP contribution is 2.43. The van der Waals surface area contributed by atoms with Gasteiger partial charge >= 0.3 is 19.6 Å². The molecule has 0 bridgehead atoms. The zero-order valence-electron chi connectivity index (χ0n) is 59.1. The second-order valence-corrected chi connectivity index (χ2v) is 27.1. The number of aliphatic hydroxyl groups excluding tert-OH is 2. The average Bonchev–Trinajstić information content (AvgIpc) is 1.62. The van der Waals surface area contributed by atoms with Gasteiger partial charge in [0.25, 0.3) is 0 Å². The Morgan fingerprint density at radius 1 is 0.514 bits per heavy atom. The lowest BCUT2D eigenvalue weighted by Crippen LogP contribution is -2.22. The van der Waals surface area contributed by atoms with Crippen LogP contribution in [0, 0.1) is 0 Å². The normalized spacial score (nSPS) is 13.1. The Bertz CT molecular complexity index is 4690. The van der Waals surface area contributed by atoms with Gasteiger partial charge in [-0.3, -0.25) is 38.4 Å².